The van der Waals surface area contributed by atoms with Gasteiger partial charge in [0, 0.05) is 0 Å². The topological polar surface area (TPSA) is 80.3 Å². The maximum atomic E-state index is 9.49. The molecule has 3 rings (SSSR count). The second-order valence-electron chi connectivity index (χ2n) is 9.56. The van der Waals surface area contributed by atoms with E-state index < -0.39 is 11.9 Å². The Morgan fingerprint density at radius 3 is 0.485 bits per heavy atom. The summed E-state index contributed by atoms with van der Waals surface area (Å²) in [6.07, 6.45) is 31.5. The highest BCUT2D eigenvalue weighted by Crippen LogP contribution is 2.16. The smallest absolute Gasteiger partial charge is 0.0666 e. The molecular formula is C29H52O4-2. The molecule has 4 heteroatoms. The zero-order valence-electron chi connectivity index (χ0n) is 21.9. The molecule has 0 heterocycles. The van der Waals surface area contributed by atoms with E-state index in [-0.39, 0.29) is 11.1 Å². The SMILES string of the molecule is C1CCCCCC1.C1CCCCCC1.C1CCCCCC1.C=C(C)C(=O)[O-].C=C(C)C(=O)[O-]. The van der Waals surface area contributed by atoms with Crippen LogP contribution in [-0.4, -0.2) is 11.9 Å². The van der Waals surface area contributed by atoms with Crippen molar-refractivity contribution in [3.63, 3.8) is 0 Å². The lowest BCUT2D eigenvalue weighted by molar-refractivity contribution is -0.300. The molecule has 0 aromatic carbocycles. The van der Waals surface area contributed by atoms with Crippen LogP contribution in [0.1, 0.15) is 149 Å². The molecule has 3 aliphatic rings. The van der Waals surface area contributed by atoms with Crippen LogP contribution in [0.25, 0.3) is 0 Å². The lowest BCUT2D eigenvalue weighted by atomic mass is 10.2. The molecule has 0 aromatic rings. The molecule has 0 aromatic heterocycles. The van der Waals surface area contributed by atoms with Crippen LogP contribution < -0.4 is 10.2 Å². The molecule has 0 atom stereocenters. The second-order valence-corrected chi connectivity index (χ2v) is 9.56. The molecule has 4 nitrogen and oxygen atoms in total. The molecule has 0 amide bonds. The average Bonchev–Trinajstić information content (AvgIpc) is 3.36. The molecule has 0 saturated heterocycles. The van der Waals surface area contributed by atoms with Crippen molar-refractivity contribution in [2.24, 2.45) is 0 Å². The number of rotatable bonds is 2. The largest absolute Gasteiger partial charge is 0.545 e. The predicted molar refractivity (Wildman–Crippen MR) is 137 cm³/mol. The summed E-state index contributed by atoms with van der Waals surface area (Å²) >= 11 is 0. The Balaban J connectivity index is 0. The Morgan fingerprint density at radius 1 is 0.394 bits per heavy atom. The van der Waals surface area contributed by atoms with E-state index in [1.807, 2.05) is 0 Å². The first-order valence-corrected chi connectivity index (χ1v) is 13.5. The third-order valence-electron chi connectivity index (χ3n) is 5.95. The number of aliphatic carboxylic acids is 2. The lowest BCUT2D eigenvalue weighted by Crippen LogP contribution is -2.22. The van der Waals surface area contributed by atoms with Crippen molar-refractivity contribution in [3.8, 4) is 0 Å². The Bertz CT molecular complexity index is 356. The summed E-state index contributed by atoms with van der Waals surface area (Å²) in [5, 5.41) is 19.0. The van der Waals surface area contributed by atoms with E-state index in [4.69, 9.17) is 0 Å². The van der Waals surface area contributed by atoms with Crippen molar-refractivity contribution in [1.29, 1.82) is 0 Å². The van der Waals surface area contributed by atoms with Crippen LogP contribution in [0.3, 0.4) is 0 Å². The van der Waals surface area contributed by atoms with Gasteiger partial charge < -0.3 is 19.8 Å². The Morgan fingerprint density at radius 2 is 0.455 bits per heavy atom. The zero-order valence-corrected chi connectivity index (χ0v) is 21.9. The minimum absolute atomic E-state index is 0.0648. The molecule has 0 unspecified atom stereocenters. The zero-order chi connectivity index (χ0) is 25.2. The van der Waals surface area contributed by atoms with E-state index in [2.05, 4.69) is 13.2 Å². The van der Waals surface area contributed by atoms with Gasteiger partial charge in [-0.1, -0.05) is 148 Å². The fourth-order valence-corrected chi connectivity index (χ4v) is 3.71. The molecule has 0 bridgehead atoms. The van der Waals surface area contributed by atoms with Crippen molar-refractivity contribution in [1.82, 2.24) is 0 Å². The van der Waals surface area contributed by atoms with Gasteiger partial charge in [0.2, 0.25) is 0 Å². The van der Waals surface area contributed by atoms with E-state index >= 15 is 0 Å². The van der Waals surface area contributed by atoms with Crippen LogP contribution in [0.4, 0.5) is 0 Å². The van der Waals surface area contributed by atoms with Gasteiger partial charge in [-0.3, -0.25) is 0 Å². The van der Waals surface area contributed by atoms with Crippen LogP contribution in [-0.2, 0) is 9.59 Å². The predicted octanol–water partition coefficient (Wildman–Crippen LogP) is 6.82. The monoisotopic (exact) mass is 464 g/mol. The van der Waals surface area contributed by atoms with Crippen LogP contribution in [0, 0.1) is 0 Å². The number of carboxylic acid groups (broad SMARTS) is 2. The van der Waals surface area contributed by atoms with Gasteiger partial charge in [0.15, 0.2) is 0 Å². The van der Waals surface area contributed by atoms with Gasteiger partial charge in [-0.25, -0.2) is 0 Å². The molecule has 3 fully saturated rings. The van der Waals surface area contributed by atoms with Crippen LogP contribution in [0.5, 0.6) is 0 Å². The van der Waals surface area contributed by atoms with Gasteiger partial charge in [-0.05, 0) is 25.0 Å². The summed E-state index contributed by atoms with van der Waals surface area (Å²) in [6, 6.07) is 0. The summed E-state index contributed by atoms with van der Waals surface area (Å²) in [4.78, 5) is 19.0. The first-order chi connectivity index (χ1) is 15.8. The van der Waals surface area contributed by atoms with E-state index in [0.717, 1.165) is 0 Å². The third-order valence-corrected chi connectivity index (χ3v) is 5.95. The van der Waals surface area contributed by atoms with E-state index in [1.54, 1.807) is 0 Å². The minimum Gasteiger partial charge on any atom is -0.545 e. The summed E-state index contributed by atoms with van der Waals surface area (Å²) < 4.78 is 0. The van der Waals surface area contributed by atoms with Gasteiger partial charge in [-0.2, -0.15) is 0 Å². The van der Waals surface area contributed by atoms with E-state index in [1.165, 1.54) is 149 Å². The second kappa shape index (κ2) is 26.7. The average molecular weight is 465 g/mol. The molecule has 0 radical (unpaired) electrons. The first-order valence-electron chi connectivity index (χ1n) is 13.5. The van der Waals surface area contributed by atoms with Gasteiger partial charge >= 0.3 is 0 Å². The molecular weight excluding hydrogens is 412 g/mol. The highest BCUT2D eigenvalue weighted by atomic mass is 16.4. The van der Waals surface area contributed by atoms with Crippen molar-refractivity contribution in [3.05, 3.63) is 24.3 Å². The summed E-state index contributed by atoms with van der Waals surface area (Å²) in [5.74, 6) is -2.37. The molecule has 3 saturated carbocycles. The number of carboxylic acids is 2. The Kier molecular flexibility index (Phi) is 27.1. The molecule has 194 valence electrons. The van der Waals surface area contributed by atoms with E-state index in [9.17, 15) is 19.8 Å². The van der Waals surface area contributed by atoms with Crippen LogP contribution >= 0.6 is 0 Å². The van der Waals surface area contributed by atoms with Crippen molar-refractivity contribution >= 4 is 11.9 Å². The molecule has 3 aliphatic carbocycles. The minimum atomic E-state index is -1.19. The summed E-state index contributed by atoms with van der Waals surface area (Å²) in [7, 11) is 0. The van der Waals surface area contributed by atoms with Crippen molar-refractivity contribution in [2.45, 2.75) is 149 Å². The lowest BCUT2D eigenvalue weighted by Gasteiger charge is -1.93. The fourth-order valence-electron chi connectivity index (χ4n) is 3.71. The summed E-state index contributed by atoms with van der Waals surface area (Å²) in [6.45, 7) is 8.95. The van der Waals surface area contributed by atoms with Crippen LogP contribution in [0.15, 0.2) is 24.3 Å². The molecule has 0 N–H and O–H groups in total. The maximum Gasteiger partial charge on any atom is 0.0666 e. The van der Waals surface area contributed by atoms with Gasteiger partial charge in [0.05, 0.1) is 11.9 Å². The molecule has 33 heavy (non-hydrogen) atoms. The van der Waals surface area contributed by atoms with Gasteiger partial charge in [0.25, 0.3) is 0 Å². The number of carbonyl (C=O) groups is 2. The number of carbonyl (C=O) groups excluding carboxylic acids is 2. The fraction of sp³-hybridized carbons (Fsp3) is 0.793. The molecule has 0 aliphatic heterocycles. The van der Waals surface area contributed by atoms with Crippen molar-refractivity contribution in [2.75, 3.05) is 0 Å². The third kappa shape index (κ3) is 32.7. The van der Waals surface area contributed by atoms with Gasteiger partial charge in [-0.15, -0.1) is 0 Å². The van der Waals surface area contributed by atoms with Crippen molar-refractivity contribution < 1.29 is 19.8 Å². The highest BCUT2D eigenvalue weighted by Gasteiger charge is 1.97. The Hall–Kier alpha value is -1.58. The molecule has 0 spiro atoms. The maximum absolute atomic E-state index is 9.49. The normalized spacial score (nSPS) is 18.0. The highest BCUT2D eigenvalue weighted by molar-refractivity contribution is 5.83. The van der Waals surface area contributed by atoms with Gasteiger partial charge in [0.1, 0.15) is 0 Å². The number of hydrogen-bond acceptors (Lipinski definition) is 4. The summed E-state index contributed by atoms with van der Waals surface area (Å²) in [5.41, 5.74) is 0.130. The Labute approximate surface area is 204 Å². The van der Waals surface area contributed by atoms with E-state index in [0.29, 0.717) is 0 Å². The first kappa shape index (κ1) is 33.6. The van der Waals surface area contributed by atoms with Crippen LogP contribution in [0.2, 0.25) is 0 Å². The number of hydrogen-bond donors (Lipinski definition) is 0. The standard InChI is InChI=1S/3C7H14.2C4H6O2/c3*1-2-4-6-7-5-3-1;2*1-3(2)4(5)6/h3*1-7H2;2*1H2,2H3,(H,5,6)/p-2. The quantitative estimate of drug-likeness (QED) is 0.332.